The lowest BCUT2D eigenvalue weighted by atomic mass is 9.74. The van der Waals surface area contributed by atoms with Crippen LogP contribution in [0, 0.1) is 10.8 Å². The topological polar surface area (TPSA) is 83.6 Å². The highest BCUT2D eigenvalue weighted by Gasteiger charge is 2.42. The van der Waals surface area contributed by atoms with Crippen LogP contribution >= 0.6 is 0 Å². The summed E-state index contributed by atoms with van der Waals surface area (Å²) in [4.78, 5) is 25.6. The summed E-state index contributed by atoms with van der Waals surface area (Å²) in [5, 5.41) is 9.46. The number of carboxylic acids is 1. The normalized spacial score (nSPS) is 20.6. The van der Waals surface area contributed by atoms with Gasteiger partial charge in [-0.1, -0.05) is 34.1 Å². The summed E-state index contributed by atoms with van der Waals surface area (Å²) in [5.74, 6) is -0.792. The molecular formula is C15H28N2O3. The molecule has 1 saturated heterocycles. The van der Waals surface area contributed by atoms with Gasteiger partial charge in [0.2, 0.25) is 5.91 Å². The van der Waals surface area contributed by atoms with Crippen molar-refractivity contribution in [3.8, 4) is 0 Å². The number of carbonyl (C=O) groups excluding carboxylic acids is 1. The molecule has 3 N–H and O–H groups in total. The van der Waals surface area contributed by atoms with Crippen LogP contribution in [0.1, 0.15) is 53.4 Å². The minimum absolute atomic E-state index is 0.0620. The van der Waals surface area contributed by atoms with Crippen LogP contribution in [0.15, 0.2) is 0 Å². The van der Waals surface area contributed by atoms with E-state index in [-0.39, 0.29) is 11.3 Å². The van der Waals surface area contributed by atoms with E-state index in [9.17, 15) is 14.7 Å². The number of rotatable bonds is 4. The quantitative estimate of drug-likeness (QED) is 0.825. The van der Waals surface area contributed by atoms with Crippen molar-refractivity contribution in [3.05, 3.63) is 0 Å². The number of carbonyl (C=O) groups is 2. The van der Waals surface area contributed by atoms with Gasteiger partial charge in [0.1, 0.15) is 0 Å². The molecule has 1 fully saturated rings. The van der Waals surface area contributed by atoms with Crippen LogP contribution in [0.3, 0.4) is 0 Å². The van der Waals surface area contributed by atoms with E-state index in [4.69, 9.17) is 5.73 Å². The molecule has 5 heteroatoms. The van der Waals surface area contributed by atoms with Crippen molar-refractivity contribution >= 4 is 11.9 Å². The van der Waals surface area contributed by atoms with E-state index < -0.39 is 17.4 Å². The Hall–Kier alpha value is -1.10. The first-order valence-electron chi connectivity index (χ1n) is 7.42. The van der Waals surface area contributed by atoms with Crippen molar-refractivity contribution in [2.45, 2.75) is 59.4 Å². The van der Waals surface area contributed by atoms with Gasteiger partial charge in [-0.2, -0.15) is 0 Å². The molecule has 5 nitrogen and oxygen atoms in total. The van der Waals surface area contributed by atoms with E-state index in [0.717, 1.165) is 6.42 Å². The fourth-order valence-electron chi connectivity index (χ4n) is 2.77. The molecule has 1 atom stereocenters. The fraction of sp³-hybridized carbons (Fsp3) is 0.867. The number of piperidine rings is 1. The van der Waals surface area contributed by atoms with Crippen molar-refractivity contribution in [3.63, 3.8) is 0 Å². The van der Waals surface area contributed by atoms with E-state index in [2.05, 4.69) is 0 Å². The van der Waals surface area contributed by atoms with Gasteiger partial charge in [-0.05, 0) is 24.7 Å². The number of nitrogens with two attached hydrogens (primary N) is 1. The lowest BCUT2D eigenvalue weighted by Crippen LogP contribution is -2.54. The molecule has 20 heavy (non-hydrogen) atoms. The lowest BCUT2D eigenvalue weighted by molar-refractivity contribution is -0.155. The van der Waals surface area contributed by atoms with Crippen LogP contribution in [0.5, 0.6) is 0 Å². The second-order valence-corrected chi connectivity index (χ2v) is 7.00. The van der Waals surface area contributed by atoms with Gasteiger partial charge in [0.25, 0.3) is 0 Å². The van der Waals surface area contributed by atoms with Gasteiger partial charge >= 0.3 is 5.97 Å². The van der Waals surface area contributed by atoms with Crippen molar-refractivity contribution in [2.75, 3.05) is 13.1 Å². The van der Waals surface area contributed by atoms with Crippen LogP contribution in [0.4, 0.5) is 0 Å². The molecule has 1 aliphatic rings. The first-order valence-corrected chi connectivity index (χ1v) is 7.42. The highest BCUT2D eigenvalue weighted by molar-refractivity contribution is 5.83. The summed E-state index contributed by atoms with van der Waals surface area (Å²) in [7, 11) is 0. The highest BCUT2D eigenvalue weighted by atomic mass is 16.4. The molecule has 1 aliphatic heterocycles. The van der Waals surface area contributed by atoms with Crippen LogP contribution in [0.2, 0.25) is 0 Å². The van der Waals surface area contributed by atoms with E-state index in [0.29, 0.717) is 32.4 Å². The Morgan fingerprint density at radius 1 is 1.30 bits per heavy atom. The molecule has 0 spiro atoms. The third-order valence-corrected chi connectivity index (χ3v) is 4.41. The van der Waals surface area contributed by atoms with Gasteiger partial charge in [-0.15, -0.1) is 0 Å². The second-order valence-electron chi connectivity index (χ2n) is 7.00. The number of likely N-dealkylation sites (tertiary alicyclic amines) is 1. The summed E-state index contributed by atoms with van der Waals surface area (Å²) in [6, 6.07) is -0.536. The van der Waals surface area contributed by atoms with Gasteiger partial charge in [0, 0.05) is 13.1 Å². The zero-order chi connectivity index (χ0) is 15.6. The monoisotopic (exact) mass is 284 g/mol. The molecule has 0 aliphatic carbocycles. The number of aliphatic carboxylic acids is 1. The van der Waals surface area contributed by atoms with Crippen LogP contribution in [0.25, 0.3) is 0 Å². The maximum Gasteiger partial charge on any atom is 0.309 e. The SMILES string of the molecule is CCCC1(C(=O)O)CCN(C(=O)[C@H](N)C(C)(C)C)CC1. The number of nitrogens with zero attached hydrogens (tertiary/aromatic N) is 1. The Morgan fingerprint density at radius 2 is 1.80 bits per heavy atom. The van der Waals surface area contributed by atoms with Gasteiger partial charge in [-0.25, -0.2) is 0 Å². The number of amides is 1. The lowest BCUT2D eigenvalue weighted by Gasteiger charge is -2.41. The Morgan fingerprint density at radius 3 is 2.15 bits per heavy atom. The predicted molar refractivity (Wildman–Crippen MR) is 78.2 cm³/mol. The van der Waals surface area contributed by atoms with E-state index in [1.807, 2.05) is 27.7 Å². The molecule has 0 unspecified atom stereocenters. The standard InChI is InChI=1S/C15H28N2O3/c1-5-6-15(13(19)20)7-9-17(10-8-15)12(18)11(16)14(2,3)4/h11H,5-10,16H2,1-4H3,(H,19,20)/t11-/m0/s1. The molecule has 0 aromatic rings. The fourth-order valence-corrected chi connectivity index (χ4v) is 2.77. The third-order valence-electron chi connectivity index (χ3n) is 4.41. The summed E-state index contributed by atoms with van der Waals surface area (Å²) in [6.07, 6.45) is 2.58. The molecule has 0 radical (unpaired) electrons. The molecule has 0 aromatic heterocycles. The first kappa shape index (κ1) is 17.0. The maximum absolute atomic E-state index is 12.3. The summed E-state index contributed by atoms with van der Waals surface area (Å²) in [5.41, 5.74) is 5.07. The average Bonchev–Trinajstić information content (AvgIpc) is 2.37. The van der Waals surface area contributed by atoms with Gasteiger partial charge in [0.15, 0.2) is 0 Å². The maximum atomic E-state index is 12.3. The Kier molecular flexibility index (Phi) is 5.19. The molecular weight excluding hydrogens is 256 g/mol. The predicted octanol–water partition coefficient (Wildman–Crippen LogP) is 1.85. The van der Waals surface area contributed by atoms with E-state index >= 15 is 0 Å². The van der Waals surface area contributed by atoms with Gasteiger partial charge in [-0.3, -0.25) is 9.59 Å². The average molecular weight is 284 g/mol. The van der Waals surface area contributed by atoms with Crippen LogP contribution in [-0.2, 0) is 9.59 Å². The number of hydrogen-bond donors (Lipinski definition) is 2. The van der Waals surface area contributed by atoms with Gasteiger partial charge in [0.05, 0.1) is 11.5 Å². The molecule has 116 valence electrons. The molecule has 0 bridgehead atoms. The molecule has 1 heterocycles. The van der Waals surface area contributed by atoms with Gasteiger partial charge < -0.3 is 15.7 Å². The zero-order valence-electron chi connectivity index (χ0n) is 13.1. The Bertz CT molecular complexity index is 366. The van der Waals surface area contributed by atoms with Crippen molar-refractivity contribution in [1.29, 1.82) is 0 Å². The molecule has 0 aromatic carbocycles. The molecule has 1 rings (SSSR count). The smallest absolute Gasteiger partial charge is 0.309 e. The third kappa shape index (κ3) is 3.51. The molecule has 1 amide bonds. The number of hydrogen-bond acceptors (Lipinski definition) is 3. The Labute approximate surface area is 121 Å². The highest BCUT2D eigenvalue weighted by Crippen LogP contribution is 2.37. The Balaban J connectivity index is 2.70. The van der Waals surface area contributed by atoms with Crippen LogP contribution in [-0.4, -0.2) is 41.0 Å². The summed E-state index contributed by atoms with van der Waals surface area (Å²) < 4.78 is 0. The minimum Gasteiger partial charge on any atom is -0.481 e. The zero-order valence-corrected chi connectivity index (χ0v) is 13.1. The van der Waals surface area contributed by atoms with E-state index in [1.165, 1.54) is 0 Å². The molecule has 0 saturated carbocycles. The van der Waals surface area contributed by atoms with Crippen LogP contribution < -0.4 is 5.73 Å². The second kappa shape index (κ2) is 6.12. The van der Waals surface area contributed by atoms with E-state index in [1.54, 1.807) is 4.90 Å². The van der Waals surface area contributed by atoms with Crippen molar-refractivity contribution in [1.82, 2.24) is 4.90 Å². The largest absolute Gasteiger partial charge is 0.481 e. The van der Waals surface area contributed by atoms with Crippen molar-refractivity contribution < 1.29 is 14.7 Å². The van der Waals surface area contributed by atoms with Crippen molar-refractivity contribution in [2.24, 2.45) is 16.6 Å². The first-order chi connectivity index (χ1) is 9.14. The number of carboxylic acid groups (broad SMARTS) is 1. The summed E-state index contributed by atoms with van der Waals surface area (Å²) >= 11 is 0. The summed E-state index contributed by atoms with van der Waals surface area (Å²) in [6.45, 7) is 8.82. The minimum atomic E-state index is -0.730.